The van der Waals surface area contributed by atoms with Crippen molar-refractivity contribution in [2.75, 3.05) is 31.8 Å². The van der Waals surface area contributed by atoms with Crippen LogP contribution in [0.15, 0.2) is 24.3 Å². The van der Waals surface area contributed by atoms with Crippen LogP contribution in [0.1, 0.15) is 12.8 Å². The lowest BCUT2D eigenvalue weighted by Gasteiger charge is -2.22. The highest BCUT2D eigenvalue weighted by atomic mass is 32.2. The number of hydrogen-bond donors (Lipinski definition) is 1. The summed E-state index contributed by atoms with van der Waals surface area (Å²) in [4.78, 5) is 25.9. The number of carbonyl (C=O) groups is 2. The van der Waals surface area contributed by atoms with Crippen LogP contribution in [-0.4, -0.2) is 59.7 Å². The minimum absolute atomic E-state index is 0.0137. The summed E-state index contributed by atoms with van der Waals surface area (Å²) in [7, 11) is 1.58. The second kappa shape index (κ2) is 7.03. The quantitative estimate of drug-likeness (QED) is 0.779. The number of ether oxygens (including phenoxy) is 2. The van der Waals surface area contributed by atoms with E-state index in [9.17, 15) is 14.7 Å². The maximum Gasteiger partial charge on any atom is 0.236 e. The fourth-order valence-electron chi connectivity index (χ4n) is 3.09. The summed E-state index contributed by atoms with van der Waals surface area (Å²) in [6.07, 6.45) is 0.103. The van der Waals surface area contributed by atoms with E-state index in [0.717, 1.165) is 17.9 Å². The van der Waals surface area contributed by atoms with E-state index in [1.807, 2.05) is 0 Å². The number of hydrogen-bond acceptors (Lipinski definition) is 6. The molecule has 1 spiro atoms. The molecule has 2 heterocycles. The molecule has 1 N–H and O–H groups in total. The zero-order valence-corrected chi connectivity index (χ0v) is 14.4. The molecule has 2 aliphatic heterocycles. The average molecular weight is 351 g/mol. The van der Waals surface area contributed by atoms with Gasteiger partial charge in [-0.3, -0.25) is 14.5 Å². The summed E-state index contributed by atoms with van der Waals surface area (Å²) in [5, 5.41) is 10.1. The molecule has 2 fully saturated rings. The first kappa shape index (κ1) is 17.1. The molecule has 130 valence electrons. The van der Waals surface area contributed by atoms with Crippen LogP contribution in [0.5, 0.6) is 11.5 Å². The minimum Gasteiger partial charge on any atom is -0.497 e. The van der Waals surface area contributed by atoms with Gasteiger partial charge < -0.3 is 14.6 Å². The Hall–Kier alpha value is -1.73. The summed E-state index contributed by atoms with van der Waals surface area (Å²) in [5.74, 6) is 2.60. The third-order valence-electron chi connectivity index (χ3n) is 4.49. The second-order valence-electron chi connectivity index (χ2n) is 6.21. The van der Waals surface area contributed by atoms with Gasteiger partial charge in [0.25, 0.3) is 0 Å². The van der Waals surface area contributed by atoms with Crippen LogP contribution in [0.4, 0.5) is 0 Å². The van der Waals surface area contributed by atoms with Gasteiger partial charge in [0.2, 0.25) is 11.8 Å². The number of aliphatic hydroxyl groups is 1. The van der Waals surface area contributed by atoms with Crippen LogP contribution >= 0.6 is 11.8 Å². The normalized spacial score (nSPS) is 24.7. The molecule has 6 nitrogen and oxygen atoms in total. The summed E-state index contributed by atoms with van der Waals surface area (Å²) >= 11 is 1.71. The van der Waals surface area contributed by atoms with E-state index >= 15 is 0 Å². The molecule has 2 atom stereocenters. The van der Waals surface area contributed by atoms with E-state index < -0.39 is 11.5 Å². The van der Waals surface area contributed by atoms with Crippen molar-refractivity contribution in [3.8, 4) is 11.5 Å². The van der Waals surface area contributed by atoms with Crippen molar-refractivity contribution in [2.24, 2.45) is 5.41 Å². The third-order valence-corrected chi connectivity index (χ3v) is 5.74. The summed E-state index contributed by atoms with van der Waals surface area (Å²) in [6.45, 7) is 0.00533. The van der Waals surface area contributed by atoms with Crippen molar-refractivity contribution >= 4 is 23.6 Å². The van der Waals surface area contributed by atoms with Crippen LogP contribution in [0, 0.1) is 5.41 Å². The topological polar surface area (TPSA) is 76.1 Å². The molecule has 2 amide bonds. The Labute approximate surface area is 145 Å². The van der Waals surface area contributed by atoms with Crippen LogP contribution in [0.2, 0.25) is 0 Å². The number of benzene rings is 1. The number of carbonyl (C=O) groups excluding carboxylic acids is 2. The Morgan fingerprint density at radius 1 is 1.29 bits per heavy atom. The number of imide groups is 1. The van der Waals surface area contributed by atoms with Crippen LogP contribution < -0.4 is 9.47 Å². The zero-order valence-electron chi connectivity index (χ0n) is 13.6. The predicted octanol–water partition coefficient (Wildman–Crippen LogP) is 1.32. The number of methoxy groups -OCH3 is 1. The van der Waals surface area contributed by atoms with Gasteiger partial charge in [-0.25, -0.2) is 0 Å². The molecule has 24 heavy (non-hydrogen) atoms. The summed E-state index contributed by atoms with van der Waals surface area (Å²) in [5.41, 5.74) is -0.529. The van der Waals surface area contributed by atoms with Crippen molar-refractivity contribution < 1.29 is 24.2 Å². The molecule has 1 aromatic carbocycles. The first-order valence-electron chi connectivity index (χ1n) is 7.91. The Kier molecular flexibility index (Phi) is 5.01. The van der Waals surface area contributed by atoms with Gasteiger partial charge in [0.15, 0.2) is 0 Å². The number of nitrogens with zero attached hydrogens (tertiary/aromatic N) is 1. The van der Waals surface area contributed by atoms with Gasteiger partial charge in [0.05, 0.1) is 19.1 Å². The largest absolute Gasteiger partial charge is 0.497 e. The number of aliphatic hydroxyl groups excluding tert-OH is 1. The Bertz CT molecular complexity index is 612. The molecule has 0 aliphatic carbocycles. The van der Waals surface area contributed by atoms with Gasteiger partial charge in [-0.05, 0) is 36.4 Å². The molecule has 1 aromatic rings. The first-order chi connectivity index (χ1) is 11.5. The van der Waals surface area contributed by atoms with Gasteiger partial charge >= 0.3 is 0 Å². The lowest BCUT2D eigenvalue weighted by Crippen LogP contribution is -2.41. The van der Waals surface area contributed by atoms with Crippen molar-refractivity contribution in [3.63, 3.8) is 0 Å². The zero-order chi connectivity index (χ0) is 17.2. The molecule has 2 saturated heterocycles. The van der Waals surface area contributed by atoms with Gasteiger partial charge in [0.1, 0.15) is 24.2 Å². The number of rotatable bonds is 6. The molecule has 3 rings (SSSR count). The fraction of sp³-hybridized carbons (Fsp3) is 0.529. The highest BCUT2D eigenvalue weighted by Crippen LogP contribution is 2.44. The summed E-state index contributed by atoms with van der Waals surface area (Å²) < 4.78 is 10.6. The Balaban J connectivity index is 1.53. The highest BCUT2D eigenvalue weighted by Gasteiger charge is 2.53. The van der Waals surface area contributed by atoms with E-state index in [1.165, 1.54) is 4.90 Å². The van der Waals surface area contributed by atoms with Crippen molar-refractivity contribution in [1.29, 1.82) is 0 Å². The maximum atomic E-state index is 12.5. The minimum atomic E-state index is -0.913. The monoisotopic (exact) mass is 351 g/mol. The summed E-state index contributed by atoms with van der Waals surface area (Å²) in [6, 6.07) is 7.00. The smallest absolute Gasteiger partial charge is 0.236 e. The molecule has 0 aromatic heterocycles. The van der Waals surface area contributed by atoms with Crippen LogP contribution in [0.3, 0.4) is 0 Å². The van der Waals surface area contributed by atoms with Gasteiger partial charge in [-0.1, -0.05) is 0 Å². The van der Waals surface area contributed by atoms with Crippen molar-refractivity contribution in [3.05, 3.63) is 24.3 Å². The number of amides is 2. The van der Waals surface area contributed by atoms with Crippen molar-refractivity contribution in [2.45, 2.75) is 18.9 Å². The molecular weight excluding hydrogens is 330 g/mol. The molecular formula is C17H21NO5S. The lowest BCUT2D eigenvalue weighted by molar-refractivity contribution is -0.142. The molecule has 0 radical (unpaired) electrons. The Morgan fingerprint density at radius 2 is 2.00 bits per heavy atom. The first-order valence-corrected chi connectivity index (χ1v) is 9.07. The lowest BCUT2D eigenvalue weighted by atomic mass is 9.86. The van der Waals surface area contributed by atoms with Gasteiger partial charge in [-0.15, -0.1) is 0 Å². The van der Waals surface area contributed by atoms with E-state index in [-0.39, 0.29) is 31.4 Å². The van der Waals surface area contributed by atoms with Crippen LogP contribution in [0.25, 0.3) is 0 Å². The predicted molar refractivity (Wildman–Crippen MR) is 90.2 cm³/mol. The van der Waals surface area contributed by atoms with E-state index in [0.29, 0.717) is 11.5 Å². The van der Waals surface area contributed by atoms with Crippen molar-refractivity contribution in [1.82, 2.24) is 4.90 Å². The average Bonchev–Trinajstić information content (AvgIpc) is 3.14. The third kappa shape index (κ3) is 3.37. The van der Waals surface area contributed by atoms with Crippen LogP contribution in [-0.2, 0) is 9.59 Å². The van der Waals surface area contributed by atoms with E-state index in [1.54, 1.807) is 43.1 Å². The number of likely N-dealkylation sites (tertiary alicyclic amines) is 1. The molecule has 0 bridgehead atoms. The van der Waals surface area contributed by atoms with Gasteiger partial charge in [0, 0.05) is 12.2 Å². The number of β-amino-alcohol motifs (C(OH)–C–C–N with tert-alkyl or cyclic N) is 1. The second-order valence-corrected chi connectivity index (χ2v) is 7.31. The van der Waals surface area contributed by atoms with E-state index in [4.69, 9.17) is 9.47 Å². The fourth-order valence-corrected chi connectivity index (χ4v) is 4.53. The SMILES string of the molecule is COc1ccc(OC[C@@H](O)CN2C(=O)C[C@@]3(CCSC3)C2=O)cc1. The molecule has 2 aliphatic rings. The molecule has 7 heteroatoms. The Morgan fingerprint density at radius 3 is 2.62 bits per heavy atom. The maximum absolute atomic E-state index is 12.5. The highest BCUT2D eigenvalue weighted by molar-refractivity contribution is 7.99. The molecule has 0 saturated carbocycles. The molecule has 0 unspecified atom stereocenters. The van der Waals surface area contributed by atoms with E-state index in [2.05, 4.69) is 0 Å². The number of thioether (sulfide) groups is 1. The van der Waals surface area contributed by atoms with Gasteiger partial charge in [-0.2, -0.15) is 11.8 Å². The standard InChI is InChI=1S/C17H21NO5S/c1-22-13-2-4-14(5-3-13)23-10-12(19)9-18-15(20)8-17(16(18)21)6-7-24-11-17/h2-5,12,19H,6-11H2,1H3/t12-,17+/m0/s1.